The summed E-state index contributed by atoms with van der Waals surface area (Å²) in [6.07, 6.45) is 11.1. The number of amides is 1. The van der Waals surface area contributed by atoms with Gasteiger partial charge in [-0.1, -0.05) is 0 Å². The Hall–Kier alpha value is -2.44. The number of imidazole rings is 1. The van der Waals surface area contributed by atoms with Gasteiger partial charge in [0.15, 0.2) is 0 Å². The van der Waals surface area contributed by atoms with Gasteiger partial charge < -0.3 is 14.8 Å². The summed E-state index contributed by atoms with van der Waals surface area (Å²) in [5.41, 5.74) is 0. The van der Waals surface area contributed by atoms with E-state index >= 15 is 0 Å². The number of carbonyl (C=O) groups is 1. The zero-order valence-corrected chi connectivity index (χ0v) is 13.6. The Balaban J connectivity index is 1.36. The predicted molar refractivity (Wildman–Crippen MR) is 89.4 cm³/mol. The first kappa shape index (κ1) is 15.1. The topological polar surface area (TPSA) is 75.9 Å². The van der Waals surface area contributed by atoms with E-state index in [-0.39, 0.29) is 17.9 Å². The Kier molecular flexibility index (Phi) is 4.15. The molecule has 7 heteroatoms. The fourth-order valence-corrected chi connectivity index (χ4v) is 3.63. The normalized spacial score (nSPS) is 23.6. The molecule has 2 aliphatic rings. The number of anilines is 1. The maximum Gasteiger partial charge on any atom is 0.225 e. The van der Waals surface area contributed by atoms with Gasteiger partial charge in [0.1, 0.15) is 5.82 Å². The third-order valence-electron chi connectivity index (χ3n) is 4.91. The fourth-order valence-electron chi connectivity index (χ4n) is 3.63. The molecule has 2 aromatic heterocycles. The molecule has 0 bridgehead atoms. The average Bonchev–Trinajstić information content (AvgIpc) is 3.10. The molecule has 0 unspecified atom stereocenters. The second kappa shape index (κ2) is 6.59. The second-order valence-corrected chi connectivity index (χ2v) is 6.57. The molecule has 4 heterocycles. The van der Waals surface area contributed by atoms with E-state index in [4.69, 9.17) is 0 Å². The molecule has 126 valence electrons. The third kappa shape index (κ3) is 3.11. The van der Waals surface area contributed by atoms with Crippen LogP contribution in [0.2, 0.25) is 0 Å². The maximum absolute atomic E-state index is 12.7. The van der Waals surface area contributed by atoms with Crippen LogP contribution >= 0.6 is 0 Å². The zero-order chi connectivity index (χ0) is 16.4. The molecule has 1 fully saturated rings. The first-order chi connectivity index (χ1) is 11.8. The van der Waals surface area contributed by atoms with Crippen molar-refractivity contribution in [3.05, 3.63) is 36.7 Å². The molecule has 0 aliphatic carbocycles. The standard InChI is InChI=1S/C17H22N6O/c24-16(21-14-4-5-15-18-8-10-22(15)12-14)13-3-1-9-23(11-13)17-19-6-2-7-20-17/h2,6-8,10,13-14H,1,3-5,9,11-12H2,(H,21,24)/t13-,14+/m0/s1. The molecule has 0 radical (unpaired) electrons. The molecule has 1 N–H and O–H groups in total. The van der Waals surface area contributed by atoms with E-state index in [1.807, 2.05) is 18.5 Å². The Morgan fingerprint density at radius 2 is 2.00 bits per heavy atom. The third-order valence-corrected chi connectivity index (χ3v) is 4.91. The van der Waals surface area contributed by atoms with Gasteiger partial charge in [0, 0.05) is 56.9 Å². The molecule has 24 heavy (non-hydrogen) atoms. The summed E-state index contributed by atoms with van der Waals surface area (Å²) in [6.45, 7) is 2.42. The van der Waals surface area contributed by atoms with E-state index in [0.29, 0.717) is 6.54 Å². The molecule has 0 saturated carbocycles. The van der Waals surface area contributed by atoms with Crippen molar-refractivity contribution in [3.63, 3.8) is 0 Å². The summed E-state index contributed by atoms with van der Waals surface area (Å²) in [5.74, 6) is 2.00. The largest absolute Gasteiger partial charge is 0.351 e. The monoisotopic (exact) mass is 326 g/mol. The lowest BCUT2D eigenvalue weighted by Gasteiger charge is -2.33. The molecule has 2 aliphatic heterocycles. The average molecular weight is 326 g/mol. The summed E-state index contributed by atoms with van der Waals surface area (Å²) in [7, 11) is 0. The first-order valence-electron chi connectivity index (χ1n) is 8.62. The van der Waals surface area contributed by atoms with Crippen molar-refractivity contribution in [3.8, 4) is 0 Å². The van der Waals surface area contributed by atoms with E-state index in [2.05, 4.69) is 29.7 Å². The Labute approximate surface area is 141 Å². The highest BCUT2D eigenvalue weighted by atomic mass is 16.2. The molecule has 2 aromatic rings. The Bertz CT molecular complexity index is 700. The van der Waals surface area contributed by atoms with Gasteiger partial charge in [0.25, 0.3) is 0 Å². The minimum Gasteiger partial charge on any atom is -0.351 e. The number of rotatable bonds is 3. The van der Waals surface area contributed by atoms with Crippen LogP contribution in [0.5, 0.6) is 0 Å². The van der Waals surface area contributed by atoms with Gasteiger partial charge in [-0.05, 0) is 25.3 Å². The summed E-state index contributed by atoms with van der Waals surface area (Å²) in [6, 6.07) is 2.01. The van der Waals surface area contributed by atoms with Crippen molar-refractivity contribution in [2.45, 2.75) is 38.3 Å². The van der Waals surface area contributed by atoms with Gasteiger partial charge in [-0.2, -0.15) is 0 Å². The lowest BCUT2D eigenvalue weighted by Crippen LogP contribution is -2.48. The minimum absolute atomic E-state index is 0.00624. The van der Waals surface area contributed by atoms with E-state index in [0.717, 1.165) is 50.5 Å². The SMILES string of the molecule is O=C(N[C@@H]1CCc2nccn2C1)[C@H]1CCCN(c2ncccn2)C1. The fraction of sp³-hybridized carbons (Fsp3) is 0.529. The van der Waals surface area contributed by atoms with Crippen LogP contribution in [0, 0.1) is 5.92 Å². The highest BCUT2D eigenvalue weighted by molar-refractivity contribution is 5.79. The molecule has 1 amide bonds. The number of hydrogen-bond acceptors (Lipinski definition) is 5. The number of fused-ring (bicyclic) bond motifs is 1. The number of hydrogen-bond donors (Lipinski definition) is 1. The van der Waals surface area contributed by atoms with Crippen LogP contribution in [-0.2, 0) is 17.8 Å². The molecule has 0 spiro atoms. The summed E-state index contributed by atoms with van der Waals surface area (Å²) in [5, 5.41) is 3.24. The van der Waals surface area contributed by atoms with Gasteiger partial charge in [-0.25, -0.2) is 15.0 Å². The number of nitrogens with zero attached hydrogens (tertiary/aromatic N) is 5. The van der Waals surface area contributed by atoms with Gasteiger partial charge >= 0.3 is 0 Å². The number of nitrogens with one attached hydrogen (secondary N) is 1. The van der Waals surface area contributed by atoms with Gasteiger partial charge in [-0.3, -0.25) is 4.79 Å². The predicted octanol–water partition coefficient (Wildman–Crippen LogP) is 1.02. The van der Waals surface area contributed by atoms with E-state index in [1.54, 1.807) is 12.4 Å². The number of aryl methyl sites for hydroxylation is 1. The lowest BCUT2D eigenvalue weighted by atomic mass is 9.96. The van der Waals surface area contributed by atoms with Crippen LogP contribution < -0.4 is 10.2 Å². The number of piperidine rings is 1. The minimum atomic E-state index is 0.00624. The van der Waals surface area contributed by atoms with Crippen LogP contribution in [0.25, 0.3) is 0 Å². The zero-order valence-electron chi connectivity index (χ0n) is 13.6. The molecule has 0 aromatic carbocycles. The molecule has 4 rings (SSSR count). The highest BCUT2D eigenvalue weighted by Gasteiger charge is 2.29. The molecule has 2 atom stereocenters. The highest BCUT2D eigenvalue weighted by Crippen LogP contribution is 2.21. The van der Waals surface area contributed by atoms with Crippen molar-refractivity contribution >= 4 is 11.9 Å². The smallest absolute Gasteiger partial charge is 0.225 e. The van der Waals surface area contributed by atoms with E-state index < -0.39 is 0 Å². The maximum atomic E-state index is 12.7. The van der Waals surface area contributed by atoms with Crippen molar-refractivity contribution in [2.24, 2.45) is 5.92 Å². The number of carbonyl (C=O) groups excluding carboxylic acids is 1. The van der Waals surface area contributed by atoms with Crippen LogP contribution in [0.3, 0.4) is 0 Å². The van der Waals surface area contributed by atoms with Crippen LogP contribution in [0.4, 0.5) is 5.95 Å². The van der Waals surface area contributed by atoms with Crippen molar-refractivity contribution in [2.75, 3.05) is 18.0 Å². The molecular weight excluding hydrogens is 304 g/mol. The van der Waals surface area contributed by atoms with E-state index in [1.165, 1.54) is 0 Å². The summed E-state index contributed by atoms with van der Waals surface area (Å²) in [4.78, 5) is 27.7. The lowest BCUT2D eigenvalue weighted by molar-refractivity contribution is -0.126. The molecular formula is C17H22N6O. The molecule has 1 saturated heterocycles. The van der Waals surface area contributed by atoms with Crippen molar-refractivity contribution < 1.29 is 4.79 Å². The van der Waals surface area contributed by atoms with Gasteiger partial charge in [-0.15, -0.1) is 0 Å². The van der Waals surface area contributed by atoms with Gasteiger partial charge in [0.2, 0.25) is 11.9 Å². The van der Waals surface area contributed by atoms with E-state index in [9.17, 15) is 4.79 Å². The van der Waals surface area contributed by atoms with Crippen molar-refractivity contribution in [1.82, 2.24) is 24.8 Å². The number of aromatic nitrogens is 4. The van der Waals surface area contributed by atoms with Gasteiger partial charge in [0.05, 0.1) is 5.92 Å². The summed E-state index contributed by atoms with van der Waals surface area (Å²) >= 11 is 0. The second-order valence-electron chi connectivity index (χ2n) is 6.57. The Morgan fingerprint density at radius 3 is 2.88 bits per heavy atom. The van der Waals surface area contributed by atoms with Crippen LogP contribution in [0.1, 0.15) is 25.1 Å². The molecule has 7 nitrogen and oxygen atoms in total. The Morgan fingerprint density at radius 1 is 1.12 bits per heavy atom. The van der Waals surface area contributed by atoms with Crippen LogP contribution in [0.15, 0.2) is 30.9 Å². The first-order valence-corrected chi connectivity index (χ1v) is 8.62. The van der Waals surface area contributed by atoms with Crippen LogP contribution in [-0.4, -0.2) is 44.6 Å². The quantitative estimate of drug-likeness (QED) is 0.911. The van der Waals surface area contributed by atoms with Crippen molar-refractivity contribution in [1.29, 1.82) is 0 Å². The summed E-state index contributed by atoms with van der Waals surface area (Å²) < 4.78 is 2.14.